The Morgan fingerprint density at radius 2 is 2.18 bits per heavy atom. The van der Waals surface area contributed by atoms with Crippen molar-refractivity contribution >= 4 is 23.3 Å². The fraction of sp³-hybridized carbons (Fsp3) is 0.462. The number of fused-ring (bicyclic) bond motifs is 1. The van der Waals surface area contributed by atoms with Gasteiger partial charge in [-0.15, -0.1) is 0 Å². The second-order valence-electron chi connectivity index (χ2n) is 5.13. The summed E-state index contributed by atoms with van der Waals surface area (Å²) in [7, 11) is 1.97. The first-order valence-electron chi connectivity index (χ1n) is 5.58. The summed E-state index contributed by atoms with van der Waals surface area (Å²) < 4.78 is 0. The topological polar surface area (TPSA) is 40.5 Å². The maximum Gasteiger partial charge on any atom is 0.309 e. The fourth-order valence-electron chi connectivity index (χ4n) is 2.41. The van der Waals surface area contributed by atoms with E-state index in [0.717, 1.165) is 11.3 Å². The third kappa shape index (κ3) is 1.78. The summed E-state index contributed by atoms with van der Waals surface area (Å²) in [6.45, 7) is 4.21. The lowest BCUT2D eigenvalue weighted by molar-refractivity contribution is -0.148. The maximum atomic E-state index is 11.4. The molecule has 3 nitrogen and oxygen atoms in total. The van der Waals surface area contributed by atoms with Crippen LogP contribution < -0.4 is 4.90 Å². The molecule has 0 aromatic heterocycles. The minimum absolute atomic E-state index is 0.0753. The number of carboxylic acids is 1. The van der Waals surface area contributed by atoms with Crippen molar-refractivity contribution in [2.45, 2.75) is 19.8 Å². The van der Waals surface area contributed by atoms with Gasteiger partial charge in [-0.25, -0.2) is 0 Å². The predicted octanol–water partition coefficient (Wildman–Crippen LogP) is 2.98. The Hall–Kier alpha value is -1.22. The molecule has 0 fully saturated rings. The number of nitrogens with zero attached hydrogens (tertiary/aromatic N) is 1. The van der Waals surface area contributed by atoms with E-state index in [-0.39, 0.29) is 5.92 Å². The SMILES string of the molecule is CN1CC(C(C)(C)C(=O)O)c2c(Cl)cccc21. The van der Waals surface area contributed by atoms with Crippen molar-refractivity contribution in [2.75, 3.05) is 18.5 Å². The molecule has 1 aliphatic rings. The first-order chi connectivity index (χ1) is 7.85. The zero-order valence-electron chi connectivity index (χ0n) is 10.2. The Morgan fingerprint density at radius 1 is 1.53 bits per heavy atom. The Labute approximate surface area is 106 Å². The van der Waals surface area contributed by atoms with E-state index in [4.69, 9.17) is 11.6 Å². The van der Waals surface area contributed by atoms with Gasteiger partial charge in [0.25, 0.3) is 0 Å². The highest BCUT2D eigenvalue weighted by Crippen LogP contribution is 2.48. The van der Waals surface area contributed by atoms with Crippen LogP contribution in [0.4, 0.5) is 5.69 Å². The summed E-state index contributed by atoms with van der Waals surface area (Å²) in [5, 5.41) is 10.0. The number of benzene rings is 1. The molecule has 1 aromatic carbocycles. The van der Waals surface area contributed by atoms with Gasteiger partial charge in [0.05, 0.1) is 5.41 Å². The summed E-state index contributed by atoms with van der Waals surface area (Å²) >= 11 is 6.22. The molecule has 4 heteroatoms. The molecule has 0 saturated carbocycles. The van der Waals surface area contributed by atoms with Gasteiger partial charge < -0.3 is 10.0 Å². The van der Waals surface area contributed by atoms with Crippen LogP contribution in [-0.4, -0.2) is 24.7 Å². The van der Waals surface area contributed by atoms with Gasteiger partial charge >= 0.3 is 5.97 Å². The molecule has 0 spiro atoms. The maximum absolute atomic E-state index is 11.4. The van der Waals surface area contributed by atoms with Crippen molar-refractivity contribution in [1.82, 2.24) is 0 Å². The van der Waals surface area contributed by atoms with Gasteiger partial charge in [0.15, 0.2) is 0 Å². The van der Waals surface area contributed by atoms with Gasteiger partial charge in [-0.1, -0.05) is 17.7 Å². The van der Waals surface area contributed by atoms with Crippen LogP contribution in [0, 0.1) is 5.41 Å². The molecule has 2 rings (SSSR count). The van der Waals surface area contributed by atoms with Crippen LogP contribution in [-0.2, 0) is 4.79 Å². The molecule has 0 radical (unpaired) electrons. The molecular formula is C13H16ClNO2. The van der Waals surface area contributed by atoms with Crippen LogP contribution in [0.25, 0.3) is 0 Å². The van der Waals surface area contributed by atoms with Crippen molar-refractivity contribution in [3.63, 3.8) is 0 Å². The number of likely N-dealkylation sites (N-methyl/N-ethyl adjacent to an activating group) is 1. The number of aliphatic carboxylic acids is 1. The van der Waals surface area contributed by atoms with E-state index < -0.39 is 11.4 Å². The van der Waals surface area contributed by atoms with Crippen LogP contribution >= 0.6 is 11.6 Å². The van der Waals surface area contributed by atoms with E-state index in [1.165, 1.54) is 0 Å². The van der Waals surface area contributed by atoms with Gasteiger partial charge in [-0.3, -0.25) is 4.79 Å². The van der Waals surface area contributed by atoms with Gasteiger partial charge in [0.1, 0.15) is 0 Å². The third-order valence-electron chi connectivity index (χ3n) is 3.67. The minimum Gasteiger partial charge on any atom is -0.481 e. The highest BCUT2D eigenvalue weighted by atomic mass is 35.5. The normalized spacial score (nSPS) is 19.3. The molecular weight excluding hydrogens is 238 g/mol. The van der Waals surface area contributed by atoms with Gasteiger partial charge in [-0.05, 0) is 26.0 Å². The molecule has 1 aromatic rings. The lowest BCUT2D eigenvalue weighted by Crippen LogP contribution is -2.33. The Kier molecular flexibility index (Phi) is 2.82. The lowest BCUT2D eigenvalue weighted by Gasteiger charge is -2.27. The first-order valence-corrected chi connectivity index (χ1v) is 5.96. The summed E-state index contributed by atoms with van der Waals surface area (Å²) in [6, 6.07) is 5.71. The number of rotatable bonds is 2. The zero-order valence-corrected chi connectivity index (χ0v) is 11.0. The predicted molar refractivity (Wildman–Crippen MR) is 68.9 cm³/mol. The van der Waals surface area contributed by atoms with Gasteiger partial charge in [0, 0.05) is 35.8 Å². The van der Waals surface area contributed by atoms with Crippen LogP contribution in [0.1, 0.15) is 25.3 Å². The molecule has 0 amide bonds. The average Bonchev–Trinajstić information content (AvgIpc) is 2.58. The van der Waals surface area contributed by atoms with E-state index in [1.807, 2.05) is 25.2 Å². The summed E-state index contributed by atoms with van der Waals surface area (Å²) in [5.74, 6) is -0.864. The molecule has 0 aliphatic carbocycles. The van der Waals surface area contributed by atoms with Crippen LogP contribution in [0.15, 0.2) is 18.2 Å². The largest absolute Gasteiger partial charge is 0.481 e. The standard InChI is InChI=1S/C13H16ClNO2/c1-13(2,12(16)17)8-7-15(3)10-6-4-5-9(14)11(8)10/h4-6,8H,7H2,1-3H3,(H,16,17). The molecule has 1 heterocycles. The van der Waals surface area contributed by atoms with Crippen LogP contribution in [0.5, 0.6) is 0 Å². The summed E-state index contributed by atoms with van der Waals surface area (Å²) in [6.07, 6.45) is 0. The Balaban J connectivity index is 2.54. The molecule has 1 aliphatic heterocycles. The summed E-state index contributed by atoms with van der Waals surface area (Å²) in [4.78, 5) is 13.4. The Bertz CT molecular complexity index is 470. The van der Waals surface area contributed by atoms with Crippen molar-refractivity contribution in [3.05, 3.63) is 28.8 Å². The van der Waals surface area contributed by atoms with Gasteiger partial charge in [0.2, 0.25) is 0 Å². The quantitative estimate of drug-likeness (QED) is 0.881. The molecule has 1 N–H and O–H groups in total. The fourth-order valence-corrected chi connectivity index (χ4v) is 2.71. The number of anilines is 1. The number of hydrogen-bond acceptors (Lipinski definition) is 2. The van der Waals surface area contributed by atoms with E-state index in [2.05, 4.69) is 4.90 Å². The van der Waals surface area contributed by atoms with Crippen LogP contribution in [0.2, 0.25) is 5.02 Å². The monoisotopic (exact) mass is 253 g/mol. The molecule has 1 unspecified atom stereocenters. The Morgan fingerprint density at radius 3 is 2.76 bits per heavy atom. The number of halogens is 1. The van der Waals surface area contributed by atoms with Crippen LogP contribution in [0.3, 0.4) is 0 Å². The number of carbonyl (C=O) groups is 1. The van der Waals surface area contributed by atoms with Crippen molar-refractivity contribution < 1.29 is 9.90 Å². The molecule has 1 atom stereocenters. The lowest BCUT2D eigenvalue weighted by atomic mass is 9.76. The second kappa shape index (κ2) is 3.91. The zero-order chi connectivity index (χ0) is 12.8. The molecule has 17 heavy (non-hydrogen) atoms. The molecule has 0 saturated heterocycles. The van der Waals surface area contributed by atoms with E-state index in [9.17, 15) is 9.90 Å². The van der Waals surface area contributed by atoms with E-state index in [0.29, 0.717) is 11.6 Å². The highest BCUT2D eigenvalue weighted by molar-refractivity contribution is 6.32. The minimum atomic E-state index is -0.815. The first kappa shape index (κ1) is 12.2. The molecule has 0 bridgehead atoms. The highest BCUT2D eigenvalue weighted by Gasteiger charge is 2.43. The molecule has 92 valence electrons. The van der Waals surface area contributed by atoms with Crippen molar-refractivity contribution in [1.29, 1.82) is 0 Å². The number of carboxylic acid groups (broad SMARTS) is 1. The van der Waals surface area contributed by atoms with Gasteiger partial charge in [-0.2, -0.15) is 0 Å². The smallest absolute Gasteiger partial charge is 0.309 e. The number of hydrogen-bond donors (Lipinski definition) is 1. The summed E-state index contributed by atoms with van der Waals surface area (Å²) in [5.41, 5.74) is 1.19. The second-order valence-corrected chi connectivity index (χ2v) is 5.54. The van der Waals surface area contributed by atoms with E-state index >= 15 is 0 Å². The van der Waals surface area contributed by atoms with Crippen molar-refractivity contribution in [2.24, 2.45) is 5.41 Å². The van der Waals surface area contributed by atoms with Crippen molar-refractivity contribution in [3.8, 4) is 0 Å². The third-order valence-corrected chi connectivity index (χ3v) is 4.00. The average molecular weight is 254 g/mol. The van der Waals surface area contributed by atoms with E-state index in [1.54, 1.807) is 13.8 Å².